The summed E-state index contributed by atoms with van der Waals surface area (Å²) in [4.78, 5) is 3.59. The maximum Gasteiger partial charge on any atom is 0.247 e. The third-order valence-corrected chi connectivity index (χ3v) is 4.72. The average molecular weight is 263 g/mol. The normalized spacial score (nSPS) is 11.9. The van der Waals surface area contributed by atoms with Gasteiger partial charge in [-0.15, -0.1) is 6.42 Å². The lowest BCUT2D eigenvalue weighted by molar-refractivity contribution is 0.340. The number of pyridine rings is 1. The van der Waals surface area contributed by atoms with Crippen molar-refractivity contribution in [3.63, 3.8) is 0 Å². The van der Waals surface area contributed by atoms with Crippen molar-refractivity contribution in [3.05, 3.63) is 24.0 Å². The van der Waals surface area contributed by atoms with Crippen molar-refractivity contribution in [1.29, 1.82) is 5.26 Å². The minimum Gasteiger partial charge on any atom is -0.244 e. The zero-order chi connectivity index (χ0) is 14.0. The summed E-state index contributed by atoms with van der Waals surface area (Å²) in [6.45, 7) is 3.21. The SMILES string of the molecule is C#CC(C)(C)N(C)S(=O)(=O)c1cccnc1C#N. The highest BCUT2D eigenvalue weighted by Crippen LogP contribution is 2.23. The molecule has 1 aromatic heterocycles. The molecule has 0 aliphatic carbocycles. The number of aromatic nitrogens is 1. The molecule has 0 aliphatic rings. The van der Waals surface area contributed by atoms with E-state index in [1.807, 2.05) is 0 Å². The van der Waals surface area contributed by atoms with E-state index in [9.17, 15) is 8.42 Å². The van der Waals surface area contributed by atoms with Crippen molar-refractivity contribution in [2.75, 3.05) is 7.05 Å². The molecule has 0 atom stereocenters. The third-order valence-electron chi connectivity index (χ3n) is 2.66. The van der Waals surface area contributed by atoms with Crippen LogP contribution in [-0.2, 0) is 10.0 Å². The summed E-state index contributed by atoms with van der Waals surface area (Å²) in [7, 11) is -2.47. The Hall–Kier alpha value is -1.89. The van der Waals surface area contributed by atoms with Crippen LogP contribution in [0.15, 0.2) is 23.2 Å². The van der Waals surface area contributed by atoms with Gasteiger partial charge in [0.1, 0.15) is 11.0 Å². The lowest BCUT2D eigenvalue weighted by Crippen LogP contribution is -2.44. The number of hydrogen-bond donors (Lipinski definition) is 0. The molecule has 0 unspecified atom stereocenters. The van der Waals surface area contributed by atoms with Crippen molar-refractivity contribution in [1.82, 2.24) is 9.29 Å². The van der Waals surface area contributed by atoms with Gasteiger partial charge in [-0.05, 0) is 26.0 Å². The smallest absolute Gasteiger partial charge is 0.244 e. The molecule has 1 rings (SSSR count). The topological polar surface area (TPSA) is 74.1 Å². The predicted molar refractivity (Wildman–Crippen MR) is 66.8 cm³/mol. The van der Waals surface area contributed by atoms with Crippen LogP contribution in [0.5, 0.6) is 0 Å². The molecule has 6 heteroatoms. The van der Waals surface area contributed by atoms with Crippen LogP contribution in [0.2, 0.25) is 0 Å². The summed E-state index contributed by atoms with van der Waals surface area (Å²) in [5, 5.41) is 8.89. The third kappa shape index (κ3) is 2.35. The quantitative estimate of drug-likeness (QED) is 0.762. The fourth-order valence-corrected chi connectivity index (χ4v) is 2.76. The van der Waals surface area contributed by atoms with Gasteiger partial charge in [-0.25, -0.2) is 13.4 Å². The van der Waals surface area contributed by atoms with Gasteiger partial charge < -0.3 is 0 Å². The summed E-state index contributed by atoms with van der Waals surface area (Å²) in [6, 6.07) is 4.56. The van der Waals surface area contributed by atoms with Gasteiger partial charge in [-0.3, -0.25) is 0 Å². The van der Waals surface area contributed by atoms with Crippen molar-refractivity contribution in [2.45, 2.75) is 24.3 Å². The van der Waals surface area contributed by atoms with Gasteiger partial charge in [-0.2, -0.15) is 9.57 Å². The second-order valence-electron chi connectivity index (χ2n) is 4.14. The van der Waals surface area contributed by atoms with Gasteiger partial charge >= 0.3 is 0 Å². The Morgan fingerprint density at radius 1 is 1.50 bits per heavy atom. The summed E-state index contributed by atoms with van der Waals surface area (Å²) in [5.41, 5.74) is -1.13. The van der Waals surface area contributed by atoms with Crippen LogP contribution in [0.3, 0.4) is 0 Å². The molecule has 0 bridgehead atoms. The highest BCUT2D eigenvalue weighted by atomic mass is 32.2. The molecule has 18 heavy (non-hydrogen) atoms. The summed E-state index contributed by atoms with van der Waals surface area (Å²) in [5.74, 6) is 2.40. The Labute approximate surface area is 107 Å². The van der Waals surface area contributed by atoms with Gasteiger partial charge in [-0.1, -0.05) is 5.92 Å². The van der Waals surface area contributed by atoms with E-state index in [1.54, 1.807) is 19.9 Å². The number of hydrogen-bond acceptors (Lipinski definition) is 4. The second kappa shape index (κ2) is 4.77. The van der Waals surface area contributed by atoms with Gasteiger partial charge in [0, 0.05) is 13.2 Å². The first-order valence-corrected chi connectivity index (χ1v) is 6.53. The molecule has 0 aromatic carbocycles. The Bertz CT molecular complexity index is 636. The molecule has 94 valence electrons. The molecule has 5 nitrogen and oxygen atoms in total. The molecule has 1 aromatic rings. The van der Waals surface area contributed by atoms with E-state index in [-0.39, 0.29) is 10.6 Å². The monoisotopic (exact) mass is 263 g/mol. The molecule has 0 saturated carbocycles. The standard InChI is InChI=1S/C12H13N3O2S/c1-5-12(2,3)15(4)18(16,17)11-7-6-8-14-10(11)9-13/h1,6-8H,2-4H3. The van der Waals surface area contributed by atoms with E-state index in [0.29, 0.717) is 0 Å². The van der Waals surface area contributed by atoms with E-state index in [0.717, 1.165) is 4.31 Å². The van der Waals surface area contributed by atoms with Crippen LogP contribution in [0.4, 0.5) is 0 Å². The van der Waals surface area contributed by atoms with E-state index in [4.69, 9.17) is 11.7 Å². The maximum atomic E-state index is 12.4. The first-order chi connectivity index (χ1) is 8.27. The fraction of sp³-hybridized carbons (Fsp3) is 0.333. The molecule has 0 amide bonds. The molecule has 1 heterocycles. The maximum absolute atomic E-state index is 12.4. The largest absolute Gasteiger partial charge is 0.247 e. The Morgan fingerprint density at radius 2 is 2.11 bits per heavy atom. The van der Waals surface area contributed by atoms with Crippen LogP contribution in [0, 0.1) is 23.7 Å². The molecule has 0 aliphatic heterocycles. The highest BCUT2D eigenvalue weighted by Gasteiger charge is 2.34. The Kier molecular flexibility index (Phi) is 3.76. The predicted octanol–water partition coefficient (Wildman–Crippen LogP) is 0.986. The first-order valence-electron chi connectivity index (χ1n) is 5.09. The van der Waals surface area contributed by atoms with Gasteiger partial charge in [0.25, 0.3) is 0 Å². The zero-order valence-electron chi connectivity index (χ0n) is 10.4. The summed E-state index contributed by atoms with van der Waals surface area (Å²) >= 11 is 0. The highest BCUT2D eigenvalue weighted by molar-refractivity contribution is 7.89. The van der Waals surface area contributed by atoms with E-state index >= 15 is 0 Å². The van der Waals surface area contributed by atoms with Gasteiger partial charge in [0.05, 0.1) is 5.54 Å². The van der Waals surface area contributed by atoms with Crippen LogP contribution in [0.1, 0.15) is 19.5 Å². The Morgan fingerprint density at radius 3 is 2.61 bits per heavy atom. The molecule has 0 fully saturated rings. The van der Waals surface area contributed by atoms with Crippen molar-refractivity contribution >= 4 is 10.0 Å². The Balaban J connectivity index is 3.42. The number of rotatable bonds is 3. The average Bonchev–Trinajstić information content (AvgIpc) is 2.37. The minimum atomic E-state index is -3.85. The van der Waals surface area contributed by atoms with Crippen molar-refractivity contribution in [2.24, 2.45) is 0 Å². The first kappa shape index (κ1) is 14.2. The summed E-state index contributed by atoms with van der Waals surface area (Å²) < 4.78 is 25.8. The molecule has 0 saturated heterocycles. The molecular formula is C12H13N3O2S. The van der Waals surface area contributed by atoms with E-state index in [1.165, 1.54) is 25.4 Å². The number of nitrogens with zero attached hydrogens (tertiary/aromatic N) is 3. The van der Waals surface area contributed by atoms with E-state index < -0.39 is 15.6 Å². The van der Waals surface area contributed by atoms with Crippen LogP contribution in [-0.4, -0.2) is 30.3 Å². The van der Waals surface area contributed by atoms with Crippen molar-refractivity contribution in [3.8, 4) is 18.4 Å². The molecule has 0 radical (unpaired) electrons. The lowest BCUT2D eigenvalue weighted by atomic mass is 10.1. The van der Waals surface area contributed by atoms with E-state index in [2.05, 4.69) is 10.9 Å². The lowest BCUT2D eigenvalue weighted by Gasteiger charge is -2.29. The van der Waals surface area contributed by atoms with Gasteiger partial charge in [0.15, 0.2) is 5.69 Å². The second-order valence-corrected chi connectivity index (χ2v) is 6.08. The number of nitriles is 1. The fourth-order valence-electron chi connectivity index (χ4n) is 1.22. The van der Waals surface area contributed by atoms with Gasteiger partial charge in [0.2, 0.25) is 10.0 Å². The van der Waals surface area contributed by atoms with Crippen LogP contribution < -0.4 is 0 Å². The molecular weight excluding hydrogens is 250 g/mol. The zero-order valence-corrected chi connectivity index (χ0v) is 11.2. The number of sulfonamides is 1. The minimum absolute atomic E-state index is 0.140. The van der Waals surface area contributed by atoms with Crippen LogP contribution in [0.25, 0.3) is 0 Å². The molecule has 0 spiro atoms. The van der Waals surface area contributed by atoms with Crippen LogP contribution >= 0.6 is 0 Å². The van der Waals surface area contributed by atoms with Crippen molar-refractivity contribution < 1.29 is 8.42 Å². The molecule has 0 N–H and O–H groups in total. The number of terminal acetylenes is 1. The summed E-state index contributed by atoms with van der Waals surface area (Å²) in [6.07, 6.45) is 6.68.